The second-order valence-corrected chi connectivity index (χ2v) is 9.85. The van der Waals surface area contributed by atoms with Crippen molar-refractivity contribution in [2.24, 2.45) is 0 Å². The summed E-state index contributed by atoms with van der Waals surface area (Å²) in [4.78, 5) is 29.7. The van der Waals surface area contributed by atoms with Crippen LogP contribution in [0.15, 0.2) is 48.0 Å². The molecule has 0 aliphatic carbocycles. The van der Waals surface area contributed by atoms with E-state index in [1.54, 1.807) is 30.2 Å². The Kier molecular flexibility index (Phi) is 6.98. The molecule has 0 unspecified atom stereocenters. The monoisotopic (exact) mass is 450 g/mol. The van der Waals surface area contributed by atoms with Crippen molar-refractivity contribution < 1.29 is 19.4 Å². The van der Waals surface area contributed by atoms with E-state index in [-0.39, 0.29) is 16.7 Å². The van der Waals surface area contributed by atoms with E-state index >= 15 is 0 Å². The number of hydrogen-bond acceptors (Lipinski definition) is 5. The zero-order valence-electron chi connectivity index (χ0n) is 20.6. The number of benzene rings is 2. The number of carbonyl (C=O) groups excluding carboxylic acids is 2. The quantitative estimate of drug-likeness (QED) is 0.404. The first-order valence-corrected chi connectivity index (χ1v) is 11.1. The number of likely N-dealkylation sites (tertiary alicyclic amines) is 1. The van der Waals surface area contributed by atoms with E-state index in [0.717, 1.165) is 16.7 Å². The molecule has 0 spiro atoms. The Labute approximate surface area is 196 Å². The molecule has 1 aliphatic heterocycles. The van der Waals surface area contributed by atoms with E-state index in [4.69, 9.17) is 4.74 Å². The Balaban J connectivity index is 2.15. The number of aliphatic hydroxyl groups excluding tert-OH is 1. The number of likely N-dealkylation sites (N-methyl/N-ethyl adjacent to an activating group) is 1. The van der Waals surface area contributed by atoms with E-state index in [9.17, 15) is 14.7 Å². The second-order valence-electron chi connectivity index (χ2n) is 9.85. The molecule has 1 amide bonds. The lowest BCUT2D eigenvalue weighted by atomic mass is 9.85. The van der Waals surface area contributed by atoms with Crippen LogP contribution in [0.25, 0.3) is 5.76 Å². The van der Waals surface area contributed by atoms with Crippen LogP contribution < -0.4 is 4.74 Å². The van der Waals surface area contributed by atoms with Crippen LogP contribution in [0.4, 0.5) is 0 Å². The SMILES string of the molecule is COc1ccc(C(O)=C2C(=O)C(=O)N(CCN(C)C)[C@@H]2c2ccc(C(C)(C)C)cc2)cc1C. The number of ketones is 1. The molecule has 3 rings (SSSR count). The molecule has 1 heterocycles. The number of aliphatic hydroxyl groups is 1. The largest absolute Gasteiger partial charge is 0.507 e. The highest BCUT2D eigenvalue weighted by Crippen LogP contribution is 2.40. The van der Waals surface area contributed by atoms with Gasteiger partial charge in [-0.15, -0.1) is 0 Å². The maximum Gasteiger partial charge on any atom is 0.295 e. The van der Waals surface area contributed by atoms with Gasteiger partial charge in [0, 0.05) is 18.7 Å². The molecule has 6 nitrogen and oxygen atoms in total. The van der Waals surface area contributed by atoms with E-state index in [0.29, 0.717) is 24.4 Å². The fraction of sp³-hybridized carbons (Fsp3) is 0.407. The summed E-state index contributed by atoms with van der Waals surface area (Å²) in [7, 11) is 5.42. The van der Waals surface area contributed by atoms with Gasteiger partial charge in [0.25, 0.3) is 11.7 Å². The Morgan fingerprint density at radius 1 is 1.09 bits per heavy atom. The molecule has 2 aromatic rings. The number of nitrogens with zero attached hydrogens (tertiary/aromatic N) is 2. The normalized spacial score (nSPS) is 18.3. The first-order chi connectivity index (χ1) is 15.5. The number of aryl methyl sites for hydroxylation is 1. The molecule has 0 radical (unpaired) electrons. The summed E-state index contributed by atoms with van der Waals surface area (Å²) in [6.45, 7) is 9.26. The fourth-order valence-electron chi connectivity index (χ4n) is 4.11. The zero-order valence-corrected chi connectivity index (χ0v) is 20.6. The van der Waals surface area contributed by atoms with Crippen LogP contribution >= 0.6 is 0 Å². The zero-order chi connectivity index (χ0) is 24.5. The third-order valence-electron chi connectivity index (χ3n) is 6.09. The Hall–Kier alpha value is -3.12. The van der Waals surface area contributed by atoms with Crippen molar-refractivity contribution in [1.29, 1.82) is 0 Å². The Morgan fingerprint density at radius 2 is 1.73 bits per heavy atom. The lowest BCUT2D eigenvalue weighted by Crippen LogP contribution is -2.35. The highest BCUT2D eigenvalue weighted by Gasteiger charge is 2.46. The van der Waals surface area contributed by atoms with Gasteiger partial charge in [-0.25, -0.2) is 0 Å². The van der Waals surface area contributed by atoms with Gasteiger partial charge in [-0.2, -0.15) is 0 Å². The summed E-state index contributed by atoms with van der Waals surface area (Å²) in [5.41, 5.74) is 3.36. The Morgan fingerprint density at radius 3 is 2.24 bits per heavy atom. The average molecular weight is 451 g/mol. The minimum Gasteiger partial charge on any atom is -0.507 e. The van der Waals surface area contributed by atoms with Crippen LogP contribution in [0.1, 0.15) is 49.1 Å². The number of Topliss-reactive ketones (excluding diaryl/α,β-unsaturated/α-hetero) is 1. The highest BCUT2D eigenvalue weighted by atomic mass is 16.5. The van der Waals surface area contributed by atoms with Crippen LogP contribution in [-0.4, -0.2) is 60.9 Å². The lowest BCUT2D eigenvalue weighted by molar-refractivity contribution is -0.140. The van der Waals surface area contributed by atoms with Crippen LogP contribution in [0, 0.1) is 6.92 Å². The van der Waals surface area contributed by atoms with Crippen LogP contribution in [0.3, 0.4) is 0 Å². The van der Waals surface area contributed by atoms with Crippen LogP contribution in [0.5, 0.6) is 5.75 Å². The lowest BCUT2D eigenvalue weighted by Gasteiger charge is -2.27. The van der Waals surface area contributed by atoms with Crippen molar-refractivity contribution in [2.45, 2.75) is 39.2 Å². The van der Waals surface area contributed by atoms with Crippen molar-refractivity contribution >= 4 is 17.4 Å². The predicted octanol–water partition coefficient (Wildman–Crippen LogP) is 4.28. The van der Waals surface area contributed by atoms with Gasteiger partial charge >= 0.3 is 0 Å². The van der Waals surface area contributed by atoms with Gasteiger partial charge in [0.1, 0.15) is 11.5 Å². The van der Waals surface area contributed by atoms with Crippen molar-refractivity contribution in [1.82, 2.24) is 9.80 Å². The Bertz CT molecular complexity index is 1080. The molecule has 1 atom stereocenters. The van der Waals surface area contributed by atoms with E-state index in [1.807, 2.05) is 50.2 Å². The summed E-state index contributed by atoms with van der Waals surface area (Å²) in [5.74, 6) is -0.734. The van der Waals surface area contributed by atoms with Crippen molar-refractivity contribution in [3.8, 4) is 5.75 Å². The molecule has 176 valence electrons. The second kappa shape index (κ2) is 9.40. The maximum absolute atomic E-state index is 13.1. The number of carbonyl (C=O) groups is 2. The van der Waals surface area contributed by atoms with Crippen LogP contribution in [0.2, 0.25) is 0 Å². The first kappa shape index (κ1) is 24.5. The number of amides is 1. The summed E-state index contributed by atoms with van der Waals surface area (Å²) in [5, 5.41) is 11.2. The first-order valence-electron chi connectivity index (χ1n) is 11.1. The molecular formula is C27H34N2O4. The summed E-state index contributed by atoms with van der Waals surface area (Å²) < 4.78 is 5.31. The molecule has 0 bridgehead atoms. The van der Waals surface area contributed by atoms with Gasteiger partial charge in [-0.3, -0.25) is 9.59 Å². The van der Waals surface area contributed by atoms with Gasteiger partial charge in [0.05, 0.1) is 18.7 Å². The number of ether oxygens (including phenoxy) is 1. The molecule has 1 N–H and O–H groups in total. The third kappa shape index (κ3) is 4.96. The summed E-state index contributed by atoms with van der Waals surface area (Å²) in [6.07, 6.45) is 0. The van der Waals surface area contributed by atoms with Gasteiger partial charge in [0.2, 0.25) is 0 Å². The van der Waals surface area contributed by atoms with Gasteiger partial charge in [0.15, 0.2) is 0 Å². The number of hydrogen-bond donors (Lipinski definition) is 1. The standard InChI is InChI=1S/C27H34N2O4/c1-17-16-19(10-13-21(17)33-7)24(30)22-23(18-8-11-20(12-9-18)27(2,3)4)29(15-14-28(5)6)26(32)25(22)31/h8-13,16,23,30H,14-15H2,1-7H3/t23-/m1/s1. The van der Waals surface area contributed by atoms with Crippen molar-refractivity contribution in [2.75, 3.05) is 34.3 Å². The smallest absolute Gasteiger partial charge is 0.295 e. The minimum atomic E-state index is -0.662. The summed E-state index contributed by atoms with van der Waals surface area (Å²) >= 11 is 0. The highest BCUT2D eigenvalue weighted by molar-refractivity contribution is 6.46. The van der Waals surface area contributed by atoms with Gasteiger partial charge < -0.3 is 19.6 Å². The topological polar surface area (TPSA) is 70.1 Å². The molecular weight excluding hydrogens is 416 g/mol. The van der Waals surface area contributed by atoms with E-state index < -0.39 is 17.7 Å². The summed E-state index contributed by atoms with van der Waals surface area (Å²) in [6, 6.07) is 12.5. The molecule has 2 aromatic carbocycles. The van der Waals surface area contributed by atoms with Crippen molar-refractivity contribution in [3.63, 3.8) is 0 Å². The molecule has 1 aliphatic rings. The van der Waals surface area contributed by atoms with E-state index in [1.165, 1.54) is 0 Å². The van der Waals surface area contributed by atoms with Crippen LogP contribution in [-0.2, 0) is 15.0 Å². The fourth-order valence-corrected chi connectivity index (χ4v) is 4.11. The van der Waals surface area contributed by atoms with Gasteiger partial charge in [-0.1, -0.05) is 45.0 Å². The molecule has 0 aromatic heterocycles. The molecule has 1 saturated heterocycles. The average Bonchev–Trinajstić information content (AvgIpc) is 3.01. The number of rotatable bonds is 6. The molecule has 0 saturated carbocycles. The predicted molar refractivity (Wildman–Crippen MR) is 130 cm³/mol. The van der Waals surface area contributed by atoms with E-state index in [2.05, 4.69) is 20.8 Å². The molecule has 1 fully saturated rings. The molecule has 33 heavy (non-hydrogen) atoms. The molecule has 6 heteroatoms. The number of methoxy groups -OCH3 is 1. The van der Waals surface area contributed by atoms with Gasteiger partial charge in [-0.05, 0) is 61.3 Å². The minimum absolute atomic E-state index is 0.0219. The third-order valence-corrected chi connectivity index (χ3v) is 6.09. The maximum atomic E-state index is 13.1. The van der Waals surface area contributed by atoms with Crippen molar-refractivity contribution in [3.05, 3.63) is 70.3 Å².